The van der Waals surface area contributed by atoms with E-state index in [2.05, 4.69) is 31.8 Å². The van der Waals surface area contributed by atoms with Crippen LogP contribution in [-0.2, 0) is 16.2 Å². The van der Waals surface area contributed by atoms with E-state index in [0.29, 0.717) is 27.8 Å². The number of hydrazone groups is 1. The SMILES string of the molecule is COc1cc(/C=N/NC(=O)C(=O)Nc2ccc(Br)cc2)ccc1OCc1ccccc1Cl. The number of rotatable bonds is 7. The van der Waals surface area contributed by atoms with E-state index in [4.69, 9.17) is 21.1 Å². The van der Waals surface area contributed by atoms with Crippen LogP contribution >= 0.6 is 27.5 Å². The van der Waals surface area contributed by atoms with Crippen LogP contribution in [0.2, 0.25) is 5.02 Å². The van der Waals surface area contributed by atoms with E-state index in [1.807, 2.05) is 18.2 Å². The summed E-state index contributed by atoms with van der Waals surface area (Å²) < 4.78 is 12.0. The van der Waals surface area contributed by atoms with Crippen molar-refractivity contribution in [1.82, 2.24) is 5.43 Å². The van der Waals surface area contributed by atoms with E-state index >= 15 is 0 Å². The minimum absolute atomic E-state index is 0.285. The normalized spacial score (nSPS) is 10.6. The quantitative estimate of drug-likeness (QED) is 0.269. The molecule has 7 nitrogen and oxygen atoms in total. The number of hydrogen-bond acceptors (Lipinski definition) is 5. The predicted octanol–water partition coefficient (Wildman–Crippen LogP) is 4.78. The highest BCUT2D eigenvalue weighted by Gasteiger charge is 2.13. The summed E-state index contributed by atoms with van der Waals surface area (Å²) in [4.78, 5) is 23.9. The van der Waals surface area contributed by atoms with Crippen molar-refractivity contribution in [2.45, 2.75) is 6.61 Å². The average molecular weight is 517 g/mol. The third-order valence-electron chi connectivity index (χ3n) is 4.22. The van der Waals surface area contributed by atoms with Gasteiger partial charge in [-0.3, -0.25) is 9.59 Å². The number of nitrogens with one attached hydrogen (secondary N) is 2. The van der Waals surface area contributed by atoms with Crippen LogP contribution in [0.25, 0.3) is 0 Å². The molecule has 3 rings (SSSR count). The van der Waals surface area contributed by atoms with Gasteiger partial charge < -0.3 is 14.8 Å². The molecule has 0 aliphatic heterocycles. The second kappa shape index (κ2) is 11.3. The molecule has 32 heavy (non-hydrogen) atoms. The number of carbonyl (C=O) groups excluding carboxylic acids is 2. The van der Waals surface area contributed by atoms with Gasteiger partial charge in [-0.25, -0.2) is 5.43 Å². The molecule has 0 unspecified atom stereocenters. The summed E-state index contributed by atoms with van der Waals surface area (Å²) in [6, 6.07) is 19.4. The van der Waals surface area contributed by atoms with Crippen LogP contribution in [-0.4, -0.2) is 25.1 Å². The van der Waals surface area contributed by atoms with Gasteiger partial charge in [0.1, 0.15) is 6.61 Å². The summed E-state index contributed by atoms with van der Waals surface area (Å²) in [7, 11) is 1.52. The number of ether oxygens (including phenoxy) is 2. The number of anilines is 1. The Hall–Kier alpha value is -3.36. The van der Waals surface area contributed by atoms with Crippen LogP contribution in [0, 0.1) is 0 Å². The zero-order valence-corrected chi connectivity index (χ0v) is 19.3. The second-order valence-corrected chi connectivity index (χ2v) is 7.77. The molecule has 0 aromatic heterocycles. The number of amides is 2. The van der Waals surface area contributed by atoms with Gasteiger partial charge >= 0.3 is 11.8 Å². The maximum Gasteiger partial charge on any atom is 0.329 e. The first kappa shape index (κ1) is 23.3. The topological polar surface area (TPSA) is 89.0 Å². The van der Waals surface area contributed by atoms with Crippen molar-refractivity contribution in [3.8, 4) is 11.5 Å². The molecule has 0 atom stereocenters. The molecule has 0 radical (unpaired) electrons. The van der Waals surface area contributed by atoms with Gasteiger partial charge in [0.05, 0.1) is 13.3 Å². The summed E-state index contributed by atoms with van der Waals surface area (Å²) in [5.41, 5.74) is 4.18. The molecule has 0 bridgehead atoms. The maximum absolute atomic E-state index is 11.9. The van der Waals surface area contributed by atoms with Crippen LogP contribution in [0.1, 0.15) is 11.1 Å². The van der Waals surface area contributed by atoms with Gasteiger partial charge in [0, 0.05) is 20.7 Å². The van der Waals surface area contributed by atoms with E-state index in [-0.39, 0.29) is 6.61 Å². The highest BCUT2D eigenvalue weighted by Crippen LogP contribution is 2.29. The van der Waals surface area contributed by atoms with Crippen LogP contribution in [0.5, 0.6) is 11.5 Å². The summed E-state index contributed by atoms with van der Waals surface area (Å²) in [6.07, 6.45) is 1.39. The van der Waals surface area contributed by atoms with E-state index < -0.39 is 11.8 Å². The fraction of sp³-hybridized carbons (Fsp3) is 0.0870. The molecule has 0 spiro atoms. The zero-order valence-electron chi connectivity index (χ0n) is 17.0. The lowest BCUT2D eigenvalue weighted by Crippen LogP contribution is -2.32. The van der Waals surface area contributed by atoms with Crippen molar-refractivity contribution in [3.63, 3.8) is 0 Å². The van der Waals surface area contributed by atoms with Gasteiger partial charge in [-0.2, -0.15) is 5.10 Å². The number of hydrogen-bond donors (Lipinski definition) is 2. The third-order valence-corrected chi connectivity index (χ3v) is 5.11. The van der Waals surface area contributed by atoms with E-state index in [1.165, 1.54) is 13.3 Å². The summed E-state index contributed by atoms with van der Waals surface area (Å²) >= 11 is 9.45. The fourth-order valence-corrected chi connectivity index (χ4v) is 3.05. The van der Waals surface area contributed by atoms with E-state index in [0.717, 1.165) is 10.0 Å². The predicted molar refractivity (Wildman–Crippen MR) is 127 cm³/mol. The van der Waals surface area contributed by atoms with Gasteiger partial charge in [-0.1, -0.05) is 45.7 Å². The van der Waals surface area contributed by atoms with Gasteiger partial charge in [0.2, 0.25) is 0 Å². The highest BCUT2D eigenvalue weighted by atomic mass is 79.9. The van der Waals surface area contributed by atoms with Crippen LogP contribution in [0.3, 0.4) is 0 Å². The van der Waals surface area contributed by atoms with Crippen molar-refractivity contribution in [2.75, 3.05) is 12.4 Å². The molecule has 0 saturated heterocycles. The minimum atomic E-state index is -0.893. The number of carbonyl (C=O) groups is 2. The van der Waals surface area contributed by atoms with Gasteiger partial charge in [0.15, 0.2) is 11.5 Å². The van der Waals surface area contributed by atoms with Crippen molar-refractivity contribution < 1.29 is 19.1 Å². The van der Waals surface area contributed by atoms with Crippen molar-refractivity contribution in [3.05, 3.63) is 87.4 Å². The average Bonchev–Trinajstić information content (AvgIpc) is 2.80. The standard InChI is InChI=1S/C23H19BrClN3O4/c1-31-21-12-15(6-11-20(21)32-14-16-4-2-3-5-19(16)25)13-26-28-23(30)22(29)27-18-9-7-17(24)8-10-18/h2-13H,14H2,1H3,(H,27,29)(H,28,30)/b26-13+. The first-order valence-corrected chi connectivity index (χ1v) is 10.6. The van der Waals surface area contributed by atoms with Crippen molar-refractivity contribution >= 4 is 51.2 Å². The van der Waals surface area contributed by atoms with Crippen LogP contribution in [0.15, 0.2) is 76.3 Å². The van der Waals surface area contributed by atoms with E-state index in [9.17, 15) is 9.59 Å². The molecule has 2 amide bonds. The molecule has 0 fully saturated rings. The lowest BCUT2D eigenvalue weighted by Gasteiger charge is -2.12. The summed E-state index contributed by atoms with van der Waals surface area (Å²) in [6.45, 7) is 0.285. The molecule has 0 heterocycles. The molecule has 164 valence electrons. The summed E-state index contributed by atoms with van der Waals surface area (Å²) in [5, 5.41) is 6.93. The number of halogens is 2. The molecular formula is C23H19BrClN3O4. The number of nitrogens with zero attached hydrogens (tertiary/aromatic N) is 1. The van der Waals surface area contributed by atoms with Crippen molar-refractivity contribution in [1.29, 1.82) is 0 Å². The second-order valence-electron chi connectivity index (χ2n) is 6.45. The molecule has 2 N–H and O–H groups in total. The first-order valence-electron chi connectivity index (χ1n) is 9.40. The number of methoxy groups -OCH3 is 1. The van der Waals surface area contributed by atoms with Crippen molar-refractivity contribution in [2.24, 2.45) is 5.10 Å². The Morgan fingerprint density at radius 1 is 1.03 bits per heavy atom. The van der Waals surface area contributed by atoms with Crippen LogP contribution < -0.4 is 20.2 Å². The summed E-state index contributed by atoms with van der Waals surface area (Å²) in [5.74, 6) is -0.705. The Labute approximate surface area is 198 Å². The lowest BCUT2D eigenvalue weighted by atomic mass is 10.2. The van der Waals surface area contributed by atoms with Gasteiger partial charge in [-0.05, 0) is 54.1 Å². The Morgan fingerprint density at radius 2 is 1.78 bits per heavy atom. The van der Waals surface area contributed by atoms with Gasteiger partial charge in [0.25, 0.3) is 0 Å². The Morgan fingerprint density at radius 3 is 2.50 bits per heavy atom. The molecule has 0 saturated carbocycles. The zero-order chi connectivity index (χ0) is 22.9. The van der Waals surface area contributed by atoms with Gasteiger partial charge in [-0.15, -0.1) is 0 Å². The largest absolute Gasteiger partial charge is 0.493 e. The van der Waals surface area contributed by atoms with E-state index in [1.54, 1.807) is 48.5 Å². The smallest absolute Gasteiger partial charge is 0.329 e. The Bertz CT molecular complexity index is 1140. The lowest BCUT2D eigenvalue weighted by molar-refractivity contribution is -0.136. The molecule has 3 aromatic rings. The third kappa shape index (κ3) is 6.57. The maximum atomic E-state index is 11.9. The molecular weight excluding hydrogens is 498 g/mol. The fourth-order valence-electron chi connectivity index (χ4n) is 2.59. The minimum Gasteiger partial charge on any atom is -0.493 e. The molecule has 9 heteroatoms. The Balaban J connectivity index is 1.57. The highest BCUT2D eigenvalue weighted by molar-refractivity contribution is 9.10. The molecule has 0 aliphatic carbocycles. The monoisotopic (exact) mass is 515 g/mol. The molecule has 3 aromatic carbocycles. The Kier molecular flexibility index (Phi) is 8.24. The van der Waals surface area contributed by atoms with Crippen LogP contribution in [0.4, 0.5) is 5.69 Å². The first-order chi connectivity index (χ1) is 15.5. The molecule has 0 aliphatic rings. The number of benzene rings is 3.